The number of nitrogens with zero attached hydrogens (tertiary/aromatic N) is 1. The number of methoxy groups -OCH3 is 2. The van der Waals surface area contributed by atoms with Gasteiger partial charge in [-0.05, 0) is 42.1 Å². The van der Waals surface area contributed by atoms with Crippen LogP contribution in [-0.2, 0) is 0 Å². The van der Waals surface area contributed by atoms with Gasteiger partial charge >= 0.3 is 0 Å². The molecule has 5 heteroatoms. The predicted octanol–water partition coefficient (Wildman–Crippen LogP) is 3.07. The van der Waals surface area contributed by atoms with Gasteiger partial charge in [-0.15, -0.1) is 11.3 Å². The molecule has 1 unspecified atom stereocenters. The fourth-order valence-electron chi connectivity index (χ4n) is 3.16. The summed E-state index contributed by atoms with van der Waals surface area (Å²) in [5.74, 6) is 1.79. The maximum atomic E-state index is 5.66. The van der Waals surface area contributed by atoms with E-state index >= 15 is 0 Å². The number of hydrogen-bond acceptors (Lipinski definition) is 5. The number of hydrogen-bond donors (Lipinski definition) is 1. The average Bonchev–Trinajstić information content (AvgIpc) is 3.02. The molecule has 23 heavy (non-hydrogen) atoms. The van der Waals surface area contributed by atoms with Crippen molar-refractivity contribution < 1.29 is 9.47 Å². The summed E-state index contributed by atoms with van der Waals surface area (Å²) in [7, 11) is 3.45. The molecule has 1 saturated heterocycles. The molecule has 0 spiro atoms. The van der Waals surface area contributed by atoms with E-state index in [-0.39, 0.29) is 6.04 Å². The van der Waals surface area contributed by atoms with E-state index in [9.17, 15) is 0 Å². The van der Waals surface area contributed by atoms with Crippen LogP contribution in [0.3, 0.4) is 0 Å². The molecule has 1 aromatic heterocycles. The van der Waals surface area contributed by atoms with E-state index in [2.05, 4.69) is 34.7 Å². The molecule has 1 aromatic carbocycles. The molecule has 124 valence electrons. The van der Waals surface area contributed by atoms with Gasteiger partial charge in [-0.25, -0.2) is 0 Å². The summed E-state index contributed by atoms with van der Waals surface area (Å²) in [6.45, 7) is 6.29. The van der Waals surface area contributed by atoms with Crippen molar-refractivity contribution in [2.75, 3.05) is 40.4 Å². The summed E-state index contributed by atoms with van der Waals surface area (Å²) in [5, 5.41) is 5.61. The minimum atomic E-state index is 0.210. The molecule has 0 saturated carbocycles. The Labute approximate surface area is 142 Å². The molecule has 1 aliphatic rings. The van der Waals surface area contributed by atoms with Gasteiger partial charge in [0.1, 0.15) is 11.5 Å². The Hall–Kier alpha value is -1.56. The molecular weight excluding hydrogens is 308 g/mol. The monoisotopic (exact) mass is 332 g/mol. The predicted molar refractivity (Wildman–Crippen MR) is 94.9 cm³/mol. The minimum absolute atomic E-state index is 0.210. The zero-order chi connectivity index (χ0) is 16.2. The second kappa shape index (κ2) is 7.34. The summed E-state index contributed by atoms with van der Waals surface area (Å²) in [6, 6.07) is 8.49. The van der Waals surface area contributed by atoms with Crippen LogP contribution in [0.2, 0.25) is 0 Å². The lowest BCUT2D eigenvalue weighted by molar-refractivity contribution is 0.197. The zero-order valence-electron chi connectivity index (χ0n) is 14.0. The Kier molecular flexibility index (Phi) is 5.20. The summed E-state index contributed by atoms with van der Waals surface area (Å²) in [5.41, 5.74) is 2.52. The highest BCUT2D eigenvalue weighted by Gasteiger charge is 2.28. The standard InChI is InChI=1S/C18H24N2O2S/c1-13-6-11-23-18(13)17(20-9-7-19-8-10-20)15-12-14(21-2)4-5-16(15)22-3/h4-6,11-12,17,19H,7-10H2,1-3H3. The third-order valence-electron chi connectivity index (χ3n) is 4.40. The molecule has 1 aliphatic heterocycles. The lowest BCUT2D eigenvalue weighted by Gasteiger charge is -2.35. The van der Waals surface area contributed by atoms with Crippen LogP contribution in [0.5, 0.6) is 11.5 Å². The zero-order valence-corrected chi connectivity index (χ0v) is 14.8. The smallest absolute Gasteiger partial charge is 0.124 e. The Morgan fingerprint density at radius 3 is 2.52 bits per heavy atom. The average molecular weight is 332 g/mol. The highest BCUT2D eigenvalue weighted by atomic mass is 32.1. The van der Waals surface area contributed by atoms with Crippen molar-refractivity contribution in [2.24, 2.45) is 0 Å². The Bertz CT molecular complexity index is 650. The second-order valence-electron chi connectivity index (χ2n) is 5.76. The molecule has 0 radical (unpaired) electrons. The Balaban J connectivity index is 2.09. The first-order chi connectivity index (χ1) is 11.2. The first-order valence-electron chi connectivity index (χ1n) is 7.95. The molecule has 0 bridgehead atoms. The van der Waals surface area contributed by atoms with E-state index in [1.165, 1.54) is 16.0 Å². The van der Waals surface area contributed by atoms with Crippen LogP contribution in [0.4, 0.5) is 0 Å². The van der Waals surface area contributed by atoms with Crippen LogP contribution in [-0.4, -0.2) is 45.3 Å². The maximum Gasteiger partial charge on any atom is 0.124 e. The topological polar surface area (TPSA) is 33.7 Å². The van der Waals surface area contributed by atoms with Crippen LogP contribution in [0.1, 0.15) is 22.0 Å². The van der Waals surface area contributed by atoms with Gasteiger partial charge in [-0.3, -0.25) is 4.90 Å². The van der Waals surface area contributed by atoms with Crippen molar-refractivity contribution in [3.05, 3.63) is 45.6 Å². The molecule has 0 amide bonds. The van der Waals surface area contributed by atoms with Gasteiger partial charge in [0.15, 0.2) is 0 Å². The Morgan fingerprint density at radius 1 is 1.13 bits per heavy atom. The van der Waals surface area contributed by atoms with E-state index in [0.717, 1.165) is 37.7 Å². The van der Waals surface area contributed by atoms with Crippen molar-refractivity contribution in [2.45, 2.75) is 13.0 Å². The maximum absolute atomic E-state index is 5.66. The molecule has 1 N–H and O–H groups in total. The Morgan fingerprint density at radius 2 is 1.91 bits per heavy atom. The van der Waals surface area contributed by atoms with E-state index < -0.39 is 0 Å². The van der Waals surface area contributed by atoms with Crippen molar-refractivity contribution >= 4 is 11.3 Å². The number of piperazine rings is 1. The summed E-state index contributed by atoms with van der Waals surface area (Å²) >= 11 is 1.82. The van der Waals surface area contributed by atoms with Gasteiger partial charge in [0.2, 0.25) is 0 Å². The van der Waals surface area contributed by atoms with E-state index in [0.29, 0.717) is 0 Å². The van der Waals surface area contributed by atoms with Crippen LogP contribution in [0.15, 0.2) is 29.6 Å². The lowest BCUT2D eigenvalue weighted by atomic mass is 9.99. The van der Waals surface area contributed by atoms with E-state index in [1.807, 2.05) is 23.5 Å². The normalized spacial score (nSPS) is 17.0. The van der Waals surface area contributed by atoms with Crippen LogP contribution in [0.25, 0.3) is 0 Å². The van der Waals surface area contributed by atoms with Crippen molar-refractivity contribution in [1.82, 2.24) is 10.2 Å². The first-order valence-corrected chi connectivity index (χ1v) is 8.83. The molecule has 2 heterocycles. The number of rotatable bonds is 5. The fraction of sp³-hybridized carbons (Fsp3) is 0.444. The van der Waals surface area contributed by atoms with Gasteiger partial charge in [0.25, 0.3) is 0 Å². The molecule has 1 fully saturated rings. The number of benzene rings is 1. The van der Waals surface area contributed by atoms with E-state index in [1.54, 1.807) is 14.2 Å². The van der Waals surface area contributed by atoms with E-state index in [4.69, 9.17) is 9.47 Å². The number of ether oxygens (including phenoxy) is 2. The SMILES string of the molecule is COc1ccc(OC)c(C(c2sccc2C)N2CCNCC2)c1. The van der Waals surface area contributed by atoms with Gasteiger partial charge in [0.05, 0.1) is 20.3 Å². The van der Waals surface area contributed by atoms with Gasteiger partial charge in [-0.1, -0.05) is 0 Å². The van der Waals surface area contributed by atoms with Crippen LogP contribution in [0, 0.1) is 6.92 Å². The molecular formula is C18H24N2O2S. The van der Waals surface area contributed by atoms with Gasteiger partial charge in [0, 0.05) is 36.6 Å². The summed E-state index contributed by atoms with van der Waals surface area (Å²) < 4.78 is 11.1. The number of thiophene rings is 1. The number of nitrogens with one attached hydrogen (secondary N) is 1. The summed E-state index contributed by atoms with van der Waals surface area (Å²) in [4.78, 5) is 3.92. The molecule has 4 nitrogen and oxygen atoms in total. The van der Waals surface area contributed by atoms with Crippen molar-refractivity contribution in [3.8, 4) is 11.5 Å². The van der Waals surface area contributed by atoms with Crippen molar-refractivity contribution in [1.29, 1.82) is 0 Å². The summed E-state index contributed by atoms with van der Waals surface area (Å²) in [6.07, 6.45) is 0. The van der Waals surface area contributed by atoms with Crippen LogP contribution >= 0.6 is 11.3 Å². The largest absolute Gasteiger partial charge is 0.497 e. The molecule has 1 atom stereocenters. The van der Waals surface area contributed by atoms with Gasteiger partial charge in [-0.2, -0.15) is 0 Å². The highest BCUT2D eigenvalue weighted by Crippen LogP contribution is 2.40. The van der Waals surface area contributed by atoms with Gasteiger partial charge < -0.3 is 14.8 Å². The van der Waals surface area contributed by atoms with Crippen molar-refractivity contribution in [3.63, 3.8) is 0 Å². The third-order valence-corrected chi connectivity index (χ3v) is 5.47. The second-order valence-corrected chi connectivity index (χ2v) is 6.71. The third kappa shape index (κ3) is 3.37. The highest BCUT2D eigenvalue weighted by molar-refractivity contribution is 7.10. The fourth-order valence-corrected chi connectivity index (χ4v) is 4.24. The lowest BCUT2D eigenvalue weighted by Crippen LogP contribution is -2.45. The molecule has 0 aliphatic carbocycles. The van der Waals surface area contributed by atoms with Crippen LogP contribution < -0.4 is 14.8 Å². The minimum Gasteiger partial charge on any atom is -0.497 e. The first kappa shape index (κ1) is 16.3. The molecule has 3 rings (SSSR count). The number of aryl methyl sites for hydroxylation is 1. The molecule has 2 aromatic rings. The quantitative estimate of drug-likeness (QED) is 0.912.